The summed E-state index contributed by atoms with van der Waals surface area (Å²) in [5, 5.41) is 3.40. The maximum atomic E-state index is 12.2. The number of amides is 1. The van der Waals surface area contributed by atoms with E-state index in [0.29, 0.717) is 10.8 Å². The summed E-state index contributed by atoms with van der Waals surface area (Å²) in [6, 6.07) is 7.71. The average molecular weight is 246 g/mol. The van der Waals surface area contributed by atoms with Crippen LogP contribution in [0.3, 0.4) is 0 Å². The number of anilines is 1. The van der Waals surface area contributed by atoms with Crippen molar-refractivity contribution >= 4 is 28.9 Å². The number of hydrogen-bond donors (Lipinski definition) is 1. The van der Waals surface area contributed by atoms with Crippen LogP contribution in [0.15, 0.2) is 36.0 Å². The third-order valence-electron chi connectivity index (χ3n) is 2.64. The van der Waals surface area contributed by atoms with Crippen molar-refractivity contribution in [2.45, 2.75) is 20.3 Å². The maximum Gasteiger partial charge on any atom is 0.280 e. The molecule has 1 aromatic rings. The van der Waals surface area contributed by atoms with E-state index in [1.807, 2.05) is 44.2 Å². The van der Waals surface area contributed by atoms with Crippen molar-refractivity contribution in [2.24, 2.45) is 0 Å². The number of nitrogens with zero attached hydrogens (tertiary/aromatic N) is 1. The van der Waals surface area contributed by atoms with Crippen molar-refractivity contribution < 1.29 is 4.79 Å². The minimum Gasteiger partial charge on any atom is -0.328 e. The van der Waals surface area contributed by atoms with Gasteiger partial charge in [-0.15, -0.1) is 0 Å². The van der Waals surface area contributed by atoms with E-state index in [1.165, 1.54) is 0 Å². The number of para-hydroxylation sites is 1. The summed E-state index contributed by atoms with van der Waals surface area (Å²) in [4.78, 5) is 13.7. The minimum absolute atomic E-state index is 0.0776. The number of carbonyl (C=O) groups is 1. The molecule has 1 aliphatic heterocycles. The van der Waals surface area contributed by atoms with Crippen molar-refractivity contribution in [2.75, 3.05) is 4.90 Å². The molecule has 88 valence electrons. The van der Waals surface area contributed by atoms with Crippen LogP contribution in [0, 0.1) is 6.92 Å². The molecule has 17 heavy (non-hydrogen) atoms. The van der Waals surface area contributed by atoms with Crippen LogP contribution in [0.25, 0.3) is 0 Å². The van der Waals surface area contributed by atoms with Crippen molar-refractivity contribution in [1.29, 1.82) is 0 Å². The minimum atomic E-state index is -0.0776. The first-order chi connectivity index (χ1) is 8.15. The Kier molecular flexibility index (Phi) is 3.24. The quantitative estimate of drug-likeness (QED) is 0.643. The molecule has 1 aromatic carbocycles. The fourth-order valence-electron chi connectivity index (χ4n) is 1.81. The SMILES string of the molecule is CC/C=C1/NC(=S)N(c2ccccc2C)C1=O. The summed E-state index contributed by atoms with van der Waals surface area (Å²) in [6.07, 6.45) is 2.66. The highest BCUT2D eigenvalue weighted by Gasteiger charge is 2.32. The lowest BCUT2D eigenvalue weighted by molar-refractivity contribution is -0.113. The molecule has 1 saturated heterocycles. The zero-order valence-corrected chi connectivity index (χ0v) is 10.7. The molecule has 0 unspecified atom stereocenters. The number of rotatable bonds is 2. The molecular formula is C13H14N2OS. The normalized spacial score (nSPS) is 17.8. The zero-order valence-electron chi connectivity index (χ0n) is 9.86. The Morgan fingerprint density at radius 3 is 2.76 bits per heavy atom. The zero-order chi connectivity index (χ0) is 12.4. The summed E-state index contributed by atoms with van der Waals surface area (Å²) in [5.41, 5.74) is 2.44. The fraction of sp³-hybridized carbons (Fsp3) is 0.231. The molecular weight excluding hydrogens is 232 g/mol. The predicted molar refractivity (Wildman–Crippen MR) is 72.8 cm³/mol. The molecule has 0 atom stereocenters. The van der Waals surface area contributed by atoms with E-state index in [2.05, 4.69) is 5.32 Å². The van der Waals surface area contributed by atoms with Crippen molar-refractivity contribution in [3.63, 3.8) is 0 Å². The summed E-state index contributed by atoms with van der Waals surface area (Å²) in [7, 11) is 0. The van der Waals surface area contributed by atoms with Gasteiger partial charge in [0.05, 0.1) is 5.69 Å². The van der Waals surface area contributed by atoms with Gasteiger partial charge < -0.3 is 5.32 Å². The lowest BCUT2D eigenvalue weighted by atomic mass is 10.2. The summed E-state index contributed by atoms with van der Waals surface area (Å²) < 4.78 is 0. The Labute approximate surface area is 106 Å². The number of carbonyl (C=O) groups excluding carboxylic acids is 1. The van der Waals surface area contributed by atoms with E-state index >= 15 is 0 Å². The molecule has 1 amide bonds. The van der Waals surface area contributed by atoms with Crippen LogP contribution in [0.2, 0.25) is 0 Å². The van der Waals surface area contributed by atoms with Gasteiger partial charge in [0.15, 0.2) is 5.11 Å². The fourth-order valence-corrected chi connectivity index (χ4v) is 2.10. The van der Waals surface area contributed by atoms with Crippen LogP contribution in [-0.2, 0) is 4.79 Å². The maximum absolute atomic E-state index is 12.2. The highest BCUT2D eigenvalue weighted by molar-refractivity contribution is 7.80. The van der Waals surface area contributed by atoms with Gasteiger partial charge in [-0.25, -0.2) is 0 Å². The van der Waals surface area contributed by atoms with E-state index in [4.69, 9.17) is 12.2 Å². The van der Waals surface area contributed by atoms with E-state index in [0.717, 1.165) is 17.7 Å². The van der Waals surface area contributed by atoms with Gasteiger partial charge in [0, 0.05) is 0 Å². The molecule has 0 aromatic heterocycles. The average Bonchev–Trinajstić information content (AvgIpc) is 2.57. The molecule has 4 heteroatoms. The van der Waals surface area contributed by atoms with E-state index < -0.39 is 0 Å². The van der Waals surface area contributed by atoms with Crippen LogP contribution in [0.4, 0.5) is 5.69 Å². The van der Waals surface area contributed by atoms with Crippen molar-refractivity contribution in [3.8, 4) is 0 Å². The second-order valence-corrected chi connectivity index (χ2v) is 4.27. The van der Waals surface area contributed by atoms with Crippen LogP contribution in [-0.4, -0.2) is 11.0 Å². The number of hydrogen-bond acceptors (Lipinski definition) is 2. The third kappa shape index (κ3) is 2.08. The van der Waals surface area contributed by atoms with Crippen molar-refractivity contribution in [3.05, 3.63) is 41.6 Å². The molecule has 2 rings (SSSR count). The first kappa shape index (κ1) is 11.8. The summed E-state index contributed by atoms with van der Waals surface area (Å²) >= 11 is 5.20. The first-order valence-electron chi connectivity index (χ1n) is 5.56. The summed E-state index contributed by atoms with van der Waals surface area (Å²) in [5.74, 6) is -0.0776. The number of aryl methyl sites for hydroxylation is 1. The van der Waals surface area contributed by atoms with E-state index in [9.17, 15) is 4.79 Å². The Morgan fingerprint density at radius 2 is 2.12 bits per heavy atom. The molecule has 0 aliphatic carbocycles. The number of allylic oxidation sites excluding steroid dienone is 1. The monoisotopic (exact) mass is 246 g/mol. The van der Waals surface area contributed by atoms with E-state index in [1.54, 1.807) is 4.90 Å². The van der Waals surface area contributed by atoms with Gasteiger partial charge in [0.25, 0.3) is 5.91 Å². The van der Waals surface area contributed by atoms with Crippen LogP contribution in [0.5, 0.6) is 0 Å². The number of thiocarbonyl (C=S) groups is 1. The molecule has 0 spiro atoms. The molecule has 1 heterocycles. The highest BCUT2D eigenvalue weighted by atomic mass is 32.1. The smallest absolute Gasteiger partial charge is 0.280 e. The lowest BCUT2D eigenvalue weighted by Crippen LogP contribution is -2.30. The Balaban J connectivity index is 2.41. The predicted octanol–water partition coefficient (Wildman–Crippen LogP) is 2.51. The van der Waals surface area contributed by atoms with Gasteiger partial charge >= 0.3 is 0 Å². The Hall–Kier alpha value is -1.68. The summed E-state index contributed by atoms with van der Waals surface area (Å²) in [6.45, 7) is 3.95. The van der Waals surface area contributed by atoms with Gasteiger partial charge in [-0.2, -0.15) is 0 Å². The van der Waals surface area contributed by atoms with Crippen molar-refractivity contribution in [1.82, 2.24) is 5.32 Å². The third-order valence-corrected chi connectivity index (χ3v) is 2.93. The molecule has 3 nitrogen and oxygen atoms in total. The lowest BCUT2D eigenvalue weighted by Gasteiger charge is -2.16. The number of nitrogens with one attached hydrogen (secondary N) is 1. The van der Waals surface area contributed by atoms with Gasteiger partial charge in [0.2, 0.25) is 0 Å². The standard InChI is InChI=1S/C13H14N2OS/c1-3-6-10-12(16)15(13(17)14-10)11-8-5-4-7-9(11)2/h4-8H,3H2,1-2H3,(H,14,17)/b10-6+. The Morgan fingerprint density at radius 1 is 1.41 bits per heavy atom. The molecule has 1 N–H and O–H groups in total. The Bertz CT molecular complexity index is 508. The van der Waals surface area contributed by atoms with Gasteiger partial charge in [-0.3, -0.25) is 9.69 Å². The second-order valence-electron chi connectivity index (χ2n) is 3.88. The molecule has 0 radical (unpaired) electrons. The second kappa shape index (κ2) is 4.67. The van der Waals surface area contributed by atoms with Gasteiger partial charge in [0.1, 0.15) is 5.70 Å². The van der Waals surface area contributed by atoms with Crippen LogP contribution < -0.4 is 10.2 Å². The largest absolute Gasteiger partial charge is 0.328 e. The highest BCUT2D eigenvalue weighted by Crippen LogP contribution is 2.24. The number of benzene rings is 1. The van der Waals surface area contributed by atoms with Crippen LogP contribution in [0.1, 0.15) is 18.9 Å². The molecule has 1 aliphatic rings. The molecule has 0 bridgehead atoms. The topological polar surface area (TPSA) is 32.3 Å². The molecule has 1 fully saturated rings. The van der Waals surface area contributed by atoms with Gasteiger partial charge in [-0.1, -0.05) is 31.2 Å². The van der Waals surface area contributed by atoms with E-state index in [-0.39, 0.29) is 5.91 Å². The first-order valence-corrected chi connectivity index (χ1v) is 5.97. The molecule has 0 saturated carbocycles. The van der Waals surface area contributed by atoms with Crippen LogP contribution >= 0.6 is 12.2 Å². The van der Waals surface area contributed by atoms with Gasteiger partial charge in [-0.05, 0) is 37.2 Å².